The van der Waals surface area contributed by atoms with Crippen LogP contribution in [0.15, 0.2) is 24.3 Å². The van der Waals surface area contributed by atoms with Crippen LogP contribution in [0.25, 0.3) is 0 Å². The van der Waals surface area contributed by atoms with Crippen molar-refractivity contribution >= 4 is 46.3 Å². The van der Waals surface area contributed by atoms with Gasteiger partial charge >= 0.3 is 0 Å². The van der Waals surface area contributed by atoms with Crippen molar-refractivity contribution in [1.29, 1.82) is 0 Å². The highest BCUT2D eigenvalue weighted by Crippen LogP contribution is 2.23. The SMILES string of the molecule is CC[C@@H](C)NC(=O)CC1CCN(C(=O)c2nnc(C(=O)Nc3cccc(Cl)c3)s2)CC1. The Balaban J connectivity index is 1.51. The molecule has 0 spiro atoms. The molecule has 0 radical (unpaired) electrons. The molecule has 1 aromatic carbocycles. The van der Waals surface area contributed by atoms with Crippen LogP contribution in [0.4, 0.5) is 5.69 Å². The Labute approximate surface area is 190 Å². The van der Waals surface area contributed by atoms with Gasteiger partial charge in [-0.1, -0.05) is 35.9 Å². The Morgan fingerprint density at radius 2 is 1.94 bits per heavy atom. The van der Waals surface area contributed by atoms with Crippen LogP contribution >= 0.6 is 22.9 Å². The molecule has 3 rings (SSSR count). The number of hydrogen-bond acceptors (Lipinski definition) is 6. The molecule has 2 N–H and O–H groups in total. The number of nitrogens with zero attached hydrogens (tertiary/aromatic N) is 3. The number of piperidine rings is 1. The largest absolute Gasteiger partial charge is 0.354 e. The highest BCUT2D eigenvalue weighted by molar-refractivity contribution is 7.15. The number of amides is 3. The van der Waals surface area contributed by atoms with E-state index in [0.717, 1.165) is 30.6 Å². The van der Waals surface area contributed by atoms with Crippen molar-refractivity contribution in [2.24, 2.45) is 5.92 Å². The van der Waals surface area contributed by atoms with Crippen molar-refractivity contribution in [2.45, 2.75) is 45.6 Å². The van der Waals surface area contributed by atoms with Crippen LogP contribution in [-0.2, 0) is 4.79 Å². The smallest absolute Gasteiger partial charge is 0.286 e. The molecule has 1 saturated heterocycles. The zero-order chi connectivity index (χ0) is 22.4. The van der Waals surface area contributed by atoms with E-state index in [4.69, 9.17) is 11.6 Å². The predicted octanol–water partition coefficient (Wildman–Crippen LogP) is 3.60. The van der Waals surface area contributed by atoms with Gasteiger partial charge in [0.25, 0.3) is 11.8 Å². The van der Waals surface area contributed by atoms with E-state index in [0.29, 0.717) is 30.2 Å². The molecule has 1 aliphatic heterocycles. The van der Waals surface area contributed by atoms with E-state index in [2.05, 4.69) is 20.8 Å². The number of carbonyl (C=O) groups excluding carboxylic acids is 3. The maximum Gasteiger partial charge on any atom is 0.286 e. The van der Waals surface area contributed by atoms with Gasteiger partial charge in [0.2, 0.25) is 15.9 Å². The number of nitrogens with one attached hydrogen (secondary N) is 2. The zero-order valence-electron chi connectivity index (χ0n) is 17.6. The van der Waals surface area contributed by atoms with Gasteiger partial charge < -0.3 is 15.5 Å². The number of rotatable bonds is 7. The van der Waals surface area contributed by atoms with E-state index < -0.39 is 5.91 Å². The van der Waals surface area contributed by atoms with E-state index in [9.17, 15) is 14.4 Å². The standard InChI is InChI=1S/C21H26ClN5O3S/c1-3-13(2)23-17(28)11-14-7-9-27(10-8-14)21(30)20-26-25-19(31-20)18(29)24-16-6-4-5-15(22)12-16/h4-6,12-14H,3,7-11H2,1-2H3,(H,23,28)(H,24,29)/t13-/m1/s1. The zero-order valence-corrected chi connectivity index (χ0v) is 19.1. The summed E-state index contributed by atoms with van der Waals surface area (Å²) in [5.74, 6) is -0.341. The Kier molecular flexibility index (Phi) is 7.97. The van der Waals surface area contributed by atoms with Crippen LogP contribution in [0, 0.1) is 5.92 Å². The fourth-order valence-corrected chi connectivity index (χ4v) is 4.22. The molecule has 3 amide bonds. The van der Waals surface area contributed by atoms with Gasteiger partial charge in [0, 0.05) is 36.3 Å². The molecule has 1 fully saturated rings. The quantitative estimate of drug-likeness (QED) is 0.652. The highest BCUT2D eigenvalue weighted by Gasteiger charge is 2.28. The minimum absolute atomic E-state index is 0.0682. The van der Waals surface area contributed by atoms with Crippen LogP contribution in [0.1, 0.15) is 59.1 Å². The van der Waals surface area contributed by atoms with Crippen LogP contribution < -0.4 is 10.6 Å². The van der Waals surface area contributed by atoms with Gasteiger partial charge in [-0.05, 0) is 50.3 Å². The lowest BCUT2D eigenvalue weighted by Crippen LogP contribution is -2.40. The first-order valence-electron chi connectivity index (χ1n) is 10.3. The van der Waals surface area contributed by atoms with E-state index in [1.165, 1.54) is 0 Å². The molecule has 1 aromatic heterocycles. The molecule has 8 nitrogen and oxygen atoms in total. The first-order valence-corrected chi connectivity index (χ1v) is 11.5. The van der Waals surface area contributed by atoms with Crippen LogP contribution in [0.3, 0.4) is 0 Å². The van der Waals surface area contributed by atoms with Crippen molar-refractivity contribution in [1.82, 2.24) is 20.4 Å². The van der Waals surface area contributed by atoms with Gasteiger partial charge in [-0.25, -0.2) is 0 Å². The molecule has 2 aromatic rings. The number of anilines is 1. The van der Waals surface area contributed by atoms with E-state index in [-0.39, 0.29) is 33.8 Å². The van der Waals surface area contributed by atoms with Gasteiger partial charge in [-0.3, -0.25) is 14.4 Å². The minimum Gasteiger partial charge on any atom is -0.354 e. The van der Waals surface area contributed by atoms with Gasteiger partial charge in [0.05, 0.1) is 0 Å². The first-order chi connectivity index (χ1) is 14.9. The number of likely N-dealkylation sites (tertiary alicyclic amines) is 1. The Bertz CT molecular complexity index is 943. The second kappa shape index (κ2) is 10.7. The van der Waals surface area contributed by atoms with Crippen molar-refractivity contribution < 1.29 is 14.4 Å². The lowest BCUT2D eigenvalue weighted by Gasteiger charge is -2.31. The topological polar surface area (TPSA) is 104 Å². The van der Waals surface area contributed by atoms with Crippen molar-refractivity contribution in [3.8, 4) is 0 Å². The molecule has 1 aliphatic rings. The molecule has 0 bridgehead atoms. The van der Waals surface area contributed by atoms with Crippen LogP contribution in [0.5, 0.6) is 0 Å². The lowest BCUT2D eigenvalue weighted by atomic mass is 9.93. The maximum absolute atomic E-state index is 12.8. The molecule has 31 heavy (non-hydrogen) atoms. The third-order valence-electron chi connectivity index (χ3n) is 5.28. The van der Waals surface area contributed by atoms with Crippen molar-refractivity contribution in [3.05, 3.63) is 39.3 Å². The van der Waals surface area contributed by atoms with Gasteiger partial charge in [-0.2, -0.15) is 0 Å². The van der Waals surface area contributed by atoms with Crippen molar-refractivity contribution in [2.75, 3.05) is 18.4 Å². The second-order valence-corrected chi connectivity index (χ2v) is 9.11. The summed E-state index contributed by atoms with van der Waals surface area (Å²) >= 11 is 6.89. The molecule has 2 heterocycles. The predicted molar refractivity (Wildman–Crippen MR) is 120 cm³/mol. The van der Waals surface area contributed by atoms with E-state index in [1.54, 1.807) is 29.2 Å². The fourth-order valence-electron chi connectivity index (χ4n) is 3.33. The van der Waals surface area contributed by atoms with Gasteiger partial charge in [0.1, 0.15) is 0 Å². The summed E-state index contributed by atoms with van der Waals surface area (Å²) < 4.78 is 0. The monoisotopic (exact) mass is 463 g/mol. The van der Waals surface area contributed by atoms with Crippen molar-refractivity contribution in [3.63, 3.8) is 0 Å². The summed E-state index contributed by atoms with van der Waals surface area (Å²) in [6.07, 6.45) is 2.92. The number of benzene rings is 1. The molecule has 0 unspecified atom stereocenters. The normalized spacial score (nSPS) is 15.4. The number of carbonyl (C=O) groups is 3. The maximum atomic E-state index is 12.8. The average Bonchev–Trinajstić information content (AvgIpc) is 3.24. The van der Waals surface area contributed by atoms with Crippen LogP contribution in [-0.4, -0.2) is 52.0 Å². The summed E-state index contributed by atoms with van der Waals surface area (Å²) in [6.45, 7) is 5.15. The number of hydrogen-bond donors (Lipinski definition) is 2. The molecular weight excluding hydrogens is 438 g/mol. The number of aromatic nitrogens is 2. The minimum atomic E-state index is -0.440. The molecule has 0 aliphatic carbocycles. The molecule has 10 heteroatoms. The highest BCUT2D eigenvalue weighted by atomic mass is 35.5. The molecule has 166 valence electrons. The van der Waals surface area contributed by atoms with E-state index >= 15 is 0 Å². The molecule has 0 saturated carbocycles. The van der Waals surface area contributed by atoms with Crippen LogP contribution in [0.2, 0.25) is 5.02 Å². The third kappa shape index (κ3) is 6.48. The second-order valence-electron chi connectivity index (χ2n) is 7.69. The Morgan fingerprint density at radius 1 is 1.23 bits per heavy atom. The summed E-state index contributed by atoms with van der Waals surface area (Å²) in [5.41, 5.74) is 0.542. The Morgan fingerprint density at radius 3 is 2.61 bits per heavy atom. The fraction of sp³-hybridized carbons (Fsp3) is 0.476. The lowest BCUT2D eigenvalue weighted by molar-refractivity contribution is -0.122. The van der Waals surface area contributed by atoms with Gasteiger partial charge in [-0.15, -0.1) is 10.2 Å². The summed E-state index contributed by atoms with van der Waals surface area (Å²) in [5, 5.41) is 14.3. The summed E-state index contributed by atoms with van der Waals surface area (Å²) in [7, 11) is 0. The Hall–Kier alpha value is -2.52. The summed E-state index contributed by atoms with van der Waals surface area (Å²) in [6, 6.07) is 6.95. The molecule has 1 atom stereocenters. The molecular formula is C21H26ClN5O3S. The first kappa shape index (κ1) is 23.1. The third-order valence-corrected chi connectivity index (χ3v) is 6.43. The number of halogens is 1. The van der Waals surface area contributed by atoms with Gasteiger partial charge in [0.15, 0.2) is 0 Å². The summed E-state index contributed by atoms with van der Waals surface area (Å²) in [4.78, 5) is 38.9. The average molecular weight is 464 g/mol. The van der Waals surface area contributed by atoms with E-state index in [1.807, 2.05) is 13.8 Å².